The van der Waals surface area contributed by atoms with Gasteiger partial charge in [-0.1, -0.05) is 30.7 Å². The Labute approximate surface area is 198 Å². The summed E-state index contributed by atoms with van der Waals surface area (Å²) in [5, 5.41) is 4.73. The highest BCUT2D eigenvalue weighted by molar-refractivity contribution is 7.89. The Kier molecular flexibility index (Phi) is 7.06. The topological polar surface area (TPSA) is 95.8 Å². The molecular weight excluding hydrogens is 466 g/mol. The summed E-state index contributed by atoms with van der Waals surface area (Å²) in [5.74, 6) is -0.275. The van der Waals surface area contributed by atoms with E-state index in [0.29, 0.717) is 50.6 Å². The van der Waals surface area contributed by atoms with E-state index in [4.69, 9.17) is 11.6 Å². The van der Waals surface area contributed by atoms with Crippen LogP contribution in [-0.2, 0) is 21.4 Å². The van der Waals surface area contributed by atoms with Gasteiger partial charge in [0.15, 0.2) is 0 Å². The van der Waals surface area contributed by atoms with E-state index < -0.39 is 15.9 Å². The molecule has 0 radical (unpaired) electrons. The molecule has 2 aromatic rings. The number of nitrogens with zero attached hydrogens (tertiary/aromatic N) is 5. The summed E-state index contributed by atoms with van der Waals surface area (Å²) in [6, 6.07) is 7.48. The first kappa shape index (κ1) is 23.7. The third kappa shape index (κ3) is 4.92. The van der Waals surface area contributed by atoms with Crippen LogP contribution >= 0.6 is 11.6 Å². The van der Waals surface area contributed by atoms with Crippen LogP contribution in [0.1, 0.15) is 36.5 Å². The van der Waals surface area contributed by atoms with Gasteiger partial charge < -0.3 is 9.80 Å². The van der Waals surface area contributed by atoms with E-state index >= 15 is 0 Å². The number of likely N-dealkylation sites (tertiary alicyclic amines) is 1. The molecule has 4 rings (SSSR count). The van der Waals surface area contributed by atoms with Crippen molar-refractivity contribution in [3.8, 4) is 0 Å². The quantitative estimate of drug-likeness (QED) is 0.612. The predicted molar refractivity (Wildman–Crippen MR) is 125 cm³/mol. The molecule has 0 aliphatic carbocycles. The maximum absolute atomic E-state index is 13.6. The lowest BCUT2D eigenvalue weighted by Crippen LogP contribution is -2.49. The monoisotopic (exact) mass is 493 g/mol. The molecule has 0 N–H and O–H groups in total. The van der Waals surface area contributed by atoms with Crippen molar-refractivity contribution in [1.29, 1.82) is 0 Å². The molecule has 3 heterocycles. The molecule has 33 heavy (non-hydrogen) atoms. The summed E-state index contributed by atoms with van der Waals surface area (Å²) in [6.45, 7) is 4.56. The van der Waals surface area contributed by atoms with E-state index in [1.54, 1.807) is 4.90 Å². The first-order chi connectivity index (χ1) is 15.8. The van der Waals surface area contributed by atoms with E-state index in [-0.39, 0.29) is 29.5 Å². The third-order valence-corrected chi connectivity index (χ3v) is 8.19. The van der Waals surface area contributed by atoms with Crippen molar-refractivity contribution in [2.24, 2.45) is 0 Å². The zero-order valence-corrected chi connectivity index (χ0v) is 20.2. The fraction of sp³-hybridized carbons (Fsp3) is 0.500. The van der Waals surface area contributed by atoms with Gasteiger partial charge in [-0.25, -0.2) is 8.42 Å². The molecule has 0 saturated carbocycles. The Morgan fingerprint density at radius 3 is 2.36 bits per heavy atom. The predicted octanol–water partition coefficient (Wildman–Crippen LogP) is 2.26. The minimum atomic E-state index is -3.97. The number of carbonyl (C=O) groups excluding carboxylic acids is 2. The van der Waals surface area contributed by atoms with Gasteiger partial charge in [-0.2, -0.15) is 9.40 Å². The largest absolute Gasteiger partial charge is 0.368 e. The third-order valence-electron chi connectivity index (χ3n) is 6.04. The highest BCUT2D eigenvalue weighted by Crippen LogP contribution is 2.28. The number of para-hydroxylation sites is 1. The van der Waals surface area contributed by atoms with Crippen LogP contribution < -0.4 is 4.90 Å². The minimum absolute atomic E-state index is 0.0753. The Balaban J connectivity index is 1.56. The van der Waals surface area contributed by atoms with Crippen molar-refractivity contribution in [2.45, 2.75) is 37.8 Å². The van der Waals surface area contributed by atoms with Gasteiger partial charge in [0.25, 0.3) is 15.9 Å². The molecule has 1 amide bonds. The number of piperazine rings is 1. The fourth-order valence-corrected chi connectivity index (χ4v) is 5.98. The molecule has 0 unspecified atom stereocenters. The minimum Gasteiger partial charge on any atom is -0.368 e. The molecular formula is C22H28ClN5O4S. The highest BCUT2D eigenvalue weighted by Gasteiger charge is 2.36. The lowest BCUT2D eigenvalue weighted by molar-refractivity contribution is -0.120. The van der Waals surface area contributed by atoms with Crippen LogP contribution in [0.5, 0.6) is 0 Å². The molecule has 0 bridgehead atoms. The molecule has 1 aromatic heterocycles. The number of hydrogen-bond acceptors (Lipinski definition) is 6. The zero-order chi connectivity index (χ0) is 23.6. The molecule has 178 valence electrons. The van der Waals surface area contributed by atoms with Crippen LogP contribution in [0, 0.1) is 0 Å². The molecule has 11 heteroatoms. The Bertz CT molecular complexity index is 1130. The number of aryl methyl sites for hydroxylation is 1. The van der Waals surface area contributed by atoms with Crippen molar-refractivity contribution >= 4 is 39.0 Å². The molecule has 0 atom stereocenters. The maximum atomic E-state index is 13.6. The smallest absolute Gasteiger partial charge is 0.263 e. The average Bonchev–Trinajstić information content (AvgIpc) is 3.25. The highest BCUT2D eigenvalue weighted by atomic mass is 35.5. The van der Waals surface area contributed by atoms with Gasteiger partial charge in [-0.15, -0.1) is 0 Å². The molecule has 2 aliphatic rings. The van der Waals surface area contributed by atoms with Crippen molar-refractivity contribution in [3.63, 3.8) is 0 Å². The van der Waals surface area contributed by atoms with Crippen molar-refractivity contribution < 1.29 is 18.0 Å². The average molecular weight is 494 g/mol. The number of benzene rings is 1. The number of rotatable bonds is 6. The molecule has 2 saturated heterocycles. The van der Waals surface area contributed by atoms with E-state index in [9.17, 15) is 18.0 Å². The van der Waals surface area contributed by atoms with E-state index in [1.807, 2.05) is 31.2 Å². The summed E-state index contributed by atoms with van der Waals surface area (Å²) in [6.07, 6.45) is 2.86. The summed E-state index contributed by atoms with van der Waals surface area (Å²) >= 11 is 6.30. The number of Topliss-reactive ketones (excluding diaryl/α,β-unsaturated/α-hetero) is 1. The number of hydrogen-bond donors (Lipinski definition) is 0. The van der Waals surface area contributed by atoms with Crippen molar-refractivity contribution in [2.75, 3.05) is 44.2 Å². The lowest BCUT2D eigenvalue weighted by Gasteiger charge is -2.35. The summed E-state index contributed by atoms with van der Waals surface area (Å²) in [4.78, 5) is 28.4. The number of amides is 1. The Morgan fingerprint density at radius 2 is 1.73 bits per heavy atom. The standard InChI is InChI=1S/C22H28ClN5O4S/c1-2-9-27-16-18(22(30)26-10-7-17(29)8-11-26)21(24-27)33(31,32)28-14-12-25(13-15-28)20-6-4-3-5-19(20)23/h3-6,16H,2,7-15H2,1H3. The Hall–Kier alpha value is -2.43. The number of sulfonamides is 1. The first-order valence-corrected chi connectivity index (χ1v) is 13.0. The van der Waals surface area contributed by atoms with Crippen molar-refractivity contribution in [1.82, 2.24) is 19.0 Å². The number of carbonyl (C=O) groups is 2. The van der Waals surface area contributed by atoms with Crippen molar-refractivity contribution in [3.05, 3.63) is 41.0 Å². The van der Waals surface area contributed by atoms with Crippen LogP contribution in [0.2, 0.25) is 5.02 Å². The van der Waals surface area contributed by atoms with Gasteiger partial charge >= 0.3 is 0 Å². The van der Waals surface area contributed by atoms with Crippen LogP contribution in [0.3, 0.4) is 0 Å². The van der Waals surface area contributed by atoms with E-state index in [0.717, 1.165) is 12.1 Å². The number of anilines is 1. The maximum Gasteiger partial charge on any atom is 0.263 e. The number of ketones is 1. The SMILES string of the molecule is CCCn1cc(C(=O)N2CCC(=O)CC2)c(S(=O)(=O)N2CCN(c3ccccc3Cl)CC2)n1. The van der Waals surface area contributed by atoms with E-state index in [2.05, 4.69) is 10.00 Å². The summed E-state index contributed by atoms with van der Waals surface area (Å²) in [5.41, 5.74) is 0.949. The number of halogens is 1. The van der Waals surface area contributed by atoms with Gasteiger partial charge in [0.1, 0.15) is 5.78 Å². The van der Waals surface area contributed by atoms with Crippen LogP contribution in [0.4, 0.5) is 5.69 Å². The molecule has 9 nitrogen and oxygen atoms in total. The molecule has 1 aromatic carbocycles. The van der Waals surface area contributed by atoms with Gasteiger partial charge in [-0.3, -0.25) is 14.3 Å². The van der Waals surface area contributed by atoms with Gasteiger partial charge in [0, 0.05) is 64.9 Å². The molecule has 0 spiro atoms. The summed E-state index contributed by atoms with van der Waals surface area (Å²) in [7, 11) is -3.97. The van der Waals surface area contributed by atoms with Crippen LogP contribution in [-0.4, -0.2) is 78.4 Å². The number of piperidine rings is 1. The van der Waals surface area contributed by atoms with E-state index in [1.165, 1.54) is 15.2 Å². The van der Waals surface area contributed by atoms with Crippen LogP contribution in [0.15, 0.2) is 35.5 Å². The fourth-order valence-electron chi connectivity index (χ4n) is 4.21. The zero-order valence-electron chi connectivity index (χ0n) is 18.6. The second-order valence-corrected chi connectivity index (χ2v) is 10.5. The lowest BCUT2D eigenvalue weighted by atomic mass is 10.1. The molecule has 2 fully saturated rings. The van der Waals surface area contributed by atoms with Gasteiger partial charge in [-0.05, 0) is 18.6 Å². The summed E-state index contributed by atoms with van der Waals surface area (Å²) < 4.78 is 30.0. The van der Waals surface area contributed by atoms with Crippen LogP contribution in [0.25, 0.3) is 0 Å². The number of aromatic nitrogens is 2. The second-order valence-electron chi connectivity index (χ2n) is 8.28. The Morgan fingerprint density at radius 1 is 1.06 bits per heavy atom. The first-order valence-electron chi connectivity index (χ1n) is 11.2. The molecule has 2 aliphatic heterocycles. The normalized spacial score (nSPS) is 18.1. The van der Waals surface area contributed by atoms with Gasteiger partial charge in [0.2, 0.25) is 5.03 Å². The second kappa shape index (κ2) is 9.82. The van der Waals surface area contributed by atoms with Gasteiger partial charge in [0.05, 0.1) is 16.3 Å².